The molecule has 0 N–H and O–H groups in total. The Balaban J connectivity index is 2.52. The quantitative estimate of drug-likeness (QED) is 0.614. The van der Waals surface area contributed by atoms with Crippen LogP contribution in [0.4, 0.5) is 11.4 Å². The molecule has 2 aromatic carbocycles. The first-order valence-corrected chi connectivity index (χ1v) is 8.99. The van der Waals surface area contributed by atoms with Crippen molar-refractivity contribution in [3.05, 3.63) is 59.1 Å². The van der Waals surface area contributed by atoms with E-state index in [1.807, 2.05) is 88.0 Å². The van der Waals surface area contributed by atoms with Gasteiger partial charge in [-0.2, -0.15) is 0 Å². The van der Waals surface area contributed by atoms with Crippen LogP contribution in [0.3, 0.4) is 0 Å². The molecule has 0 bridgehead atoms. The highest BCUT2D eigenvalue weighted by atomic mass is 35.5. The molecule has 2 aromatic rings. The van der Waals surface area contributed by atoms with E-state index in [-0.39, 0.29) is 18.0 Å². The van der Waals surface area contributed by atoms with Crippen molar-refractivity contribution >= 4 is 28.9 Å². The Kier molecular flexibility index (Phi) is 6.49. The molecule has 0 radical (unpaired) electrons. The highest BCUT2D eigenvalue weighted by molar-refractivity contribution is 6.30. The van der Waals surface area contributed by atoms with Crippen LogP contribution in [0, 0.1) is 12.8 Å². The number of hydrogen-bond donors (Lipinski definition) is 0. The summed E-state index contributed by atoms with van der Waals surface area (Å²) >= 11 is 6.05. The molecule has 134 valence electrons. The molecule has 0 saturated heterocycles. The van der Waals surface area contributed by atoms with Gasteiger partial charge in [0, 0.05) is 16.4 Å². The number of carbonyl (C=O) groups excluding carboxylic acids is 1. The van der Waals surface area contributed by atoms with Gasteiger partial charge in [0.05, 0.1) is 6.10 Å². The van der Waals surface area contributed by atoms with Crippen molar-refractivity contribution in [2.45, 2.75) is 46.8 Å². The fourth-order valence-electron chi connectivity index (χ4n) is 2.76. The van der Waals surface area contributed by atoms with E-state index in [0.717, 1.165) is 11.4 Å². The molecule has 0 saturated carbocycles. The number of hydrogen-bond acceptors (Lipinski definition) is 3. The van der Waals surface area contributed by atoms with Gasteiger partial charge < -0.3 is 9.64 Å². The lowest BCUT2D eigenvalue weighted by atomic mass is 10.00. The van der Waals surface area contributed by atoms with Crippen molar-refractivity contribution in [2.75, 3.05) is 4.90 Å². The minimum absolute atomic E-state index is 0.0724. The van der Waals surface area contributed by atoms with E-state index < -0.39 is 6.04 Å². The van der Waals surface area contributed by atoms with Crippen LogP contribution >= 0.6 is 11.6 Å². The first kappa shape index (κ1) is 19.3. The SMILES string of the molecule is Cc1ccc(N(c2ccc(Cl)cc2)C(C(=O)OC(C)C)C(C)C)cc1. The number of carbonyl (C=O) groups is 1. The van der Waals surface area contributed by atoms with Gasteiger partial charge >= 0.3 is 5.97 Å². The van der Waals surface area contributed by atoms with Gasteiger partial charge in [-0.3, -0.25) is 0 Å². The average molecular weight is 360 g/mol. The number of ether oxygens (including phenoxy) is 1. The zero-order valence-electron chi connectivity index (χ0n) is 15.5. The van der Waals surface area contributed by atoms with E-state index in [1.54, 1.807) is 0 Å². The Morgan fingerprint density at radius 2 is 1.40 bits per heavy atom. The molecule has 1 atom stereocenters. The Bertz CT molecular complexity index is 647. The van der Waals surface area contributed by atoms with Crippen molar-refractivity contribution in [2.24, 2.45) is 5.92 Å². The summed E-state index contributed by atoms with van der Waals surface area (Å²) in [5.41, 5.74) is 3.03. The maximum atomic E-state index is 12.8. The standard InChI is InChI=1S/C21H26ClNO2/c1-14(2)20(21(24)25-15(3)4)23(18-10-6-16(5)7-11-18)19-12-8-17(22)9-13-19/h6-15,20H,1-5H3. The van der Waals surface area contributed by atoms with Crippen LogP contribution in [-0.4, -0.2) is 18.1 Å². The number of esters is 1. The zero-order chi connectivity index (χ0) is 18.6. The van der Waals surface area contributed by atoms with Crippen molar-refractivity contribution in [1.82, 2.24) is 0 Å². The van der Waals surface area contributed by atoms with Crippen LogP contribution in [0.1, 0.15) is 33.3 Å². The molecule has 0 fully saturated rings. The predicted molar refractivity (Wildman–Crippen MR) is 105 cm³/mol. The third kappa shape index (κ3) is 4.99. The number of anilines is 2. The maximum absolute atomic E-state index is 12.8. The molecule has 3 nitrogen and oxygen atoms in total. The van der Waals surface area contributed by atoms with Crippen LogP contribution in [0.15, 0.2) is 48.5 Å². The van der Waals surface area contributed by atoms with Gasteiger partial charge in [-0.1, -0.05) is 43.1 Å². The topological polar surface area (TPSA) is 29.5 Å². The fourth-order valence-corrected chi connectivity index (χ4v) is 2.88. The van der Waals surface area contributed by atoms with E-state index in [4.69, 9.17) is 16.3 Å². The van der Waals surface area contributed by atoms with E-state index in [1.165, 1.54) is 5.56 Å². The monoisotopic (exact) mass is 359 g/mol. The number of benzene rings is 2. The smallest absolute Gasteiger partial charge is 0.329 e. The molecule has 0 aliphatic heterocycles. The number of halogens is 1. The number of rotatable bonds is 6. The first-order valence-electron chi connectivity index (χ1n) is 8.61. The Morgan fingerprint density at radius 1 is 0.920 bits per heavy atom. The molecule has 0 spiro atoms. The lowest BCUT2D eigenvalue weighted by Crippen LogP contribution is -2.44. The summed E-state index contributed by atoms with van der Waals surface area (Å²) in [6, 6.07) is 15.3. The van der Waals surface area contributed by atoms with Crippen LogP contribution in [0.2, 0.25) is 5.02 Å². The minimum Gasteiger partial charge on any atom is -0.461 e. The summed E-state index contributed by atoms with van der Waals surface area (Å²) in [4.78, 5) is 14.9. The lowest BCUT2D eigenvalue weighted by Gasteiger charge is -2.35. The molecular formula is C21H26ClNO2. The van der Waals surface area contributed by atoms with Gasteiger partial charge in [0.2, 0.25) is 0 Å². The van der Waals surface area contributed by atoms with E-state index >= 15 is 0 Å². The first-order chi connectivity index (χ1) is 11.8. The number of nitrogens with zero attached hydrogens (tertiary/aromatic N) is 1. The van der Waals surface area contributed by atoms with Crippen LogP contribution < -0.4 is 4.90 Å². The molecule has 0 aromatic heterocycles. The second kappa shape index (κ2) is 8.39. The largest absolute Gasteiger partial charge is 0.461 e. The maximum Gasteiger partial charge on any atom is 0.329 e. The van der Waals surface area contributed by atoms with Crippen molar-refractivity contribution < 1.29 is 9.53 Å². The summed E-state index contributed by atoms with van der Waals surface area (Å²) in [5, 5.41) is 0.665. The Morgan fingerprint density at radius 3 is 1.84 bits per heavy atom. The van der Waals surface area contributed by atoms with Crippen LogP contribution in [0.25, 0.3) is 0 Å². The molecule has 25 heavy (non-hydrogen) atoms. The third-order valence-electron chi connectivity index (χ3n) is 3.92. The van der Waals surface area contributed by atoms with Crippen LogP contribution in [0.5, 0.6) is 0 Å². The normalized spacial score (nSPS) is 12.3. The second-order valence-corrected chi connectivity index (χ2v) is 7.29. The van der Waals surface area contributed by atoms with Gasteiger partial charge in [0.15, 0.2) is 0 Å². The summed E-state index contributed by atoms with van der Waals surface area (Å²) in [6.45, 7) is 9.84. The molecule has 2 rings (SSSR count). The van der Waals surface area contributed by atoms with Gasteiger partial charge in [-0.25, -0.2) is 4.79 Å². The molecule has 0 amide bonds. The minimum atomic E-state index is -0.425. The fraction of sp³-hybridized carbons (Fsp3) is 0.381. The average Bonchev–Trinajstić information content (AvgIpc) is 2.53. The summed E-state index contributed by atoms with van der Waals surface area (Å²) in [6.07, 6.45) is -0.154. The Hall–Kier alpha value is -2.00. The van der Waals surface area contributed by atoms with E-state index in [2.05, 4.69) is 0 Å². The highest BCUT2D eigenvalue weighted by Gasteiger charge is 2.32. The lowest BCUT2D eigenvalue weighted by molar-refractivity contribution is -0.149. The molecule has 4 heteroatoms. The highest BCUT2D eigenvalue weighted by Crippen LogP contribution is 2.32. The zero-order valence-corrected chi connectivity index (χ0v) is 16.2. The van der Waals surface area contributed by atoms with Gasteiger partial charge in [0.25, 0.3) is 0 Å². The second-order valence-electron chi connectivity index (χ2n) is 6.86. The van der Waals surface area contributed by atoms with Crippen molar-refractivity contribution in [3.8, 4) is 0 Å². The van der Waals surface area contributed by atoms with Gasteiger partial charge in [-0.05, 0) is 63.1 Å². The number of aryl methyl sites for hydroxylation is 1. The van der Waals surface area contributed by atoms with Gasteiger partial charge in [0.1, 0.15) is 6.04 Å². The summed E-state index contributed by atoms with van der Waals surface area (Å²) in [7, 11) is 0. The van der Waals surface area contributed by atoms with Crippen molar-refractivity contribution in [1.29, 1.82) is 0 Å². The predicted octanol–water partition coefficient (Wildman–Crippen LogP) is 5.76. The summed E-state index contributed by atoms with van der Waals surface area (Å²) in [5.74, 6) is -0.149. The van der Waals surface area contributed by atoms with E-state index in [0.29, 0.717) is 5.02 Å². The summed E-state index contributed by atoms with van der Waals surface area (Å²) < 4.78 is 5.54. The molecule has 0 heterocycles. The molecular weight excluding hydrogens is 334 g/mol. The molecule has 1 unspecified atom stereocenters. The van der Waals surface area contributed by atoms with Gasteiger partial charge in [-0.15, -0.1) is 0 Å². The van der Waals surface area contributed by atoms with Crippen LogP contribution in [-0.2, 0) is 9.53 Å². The Labute approximate surface area is 155 Å². The third-order valence-corrected chi connectivity index (χ3v) is 4.17. The van der Waals surface area contributed by atoms with E-state index in [9.17, 15) is 4.79 Å². The van der Waals surface area contributed by atoms with Crippen molar-refractivity contribution in [3.63, 3.8) is 0 Å². The molecule has 0 aliphatic carbocycles. The molecule has 0 aliphatic rings.